The molecular weight excluding hydrogens is 376 g/mol. The van der Waals surface area contributed by atoms with Crippen molar-refractivity contribution >= 4 is 6.29 Å². The fourth-order valence-electron chi connectivity index (χ4n) is 3.87. The summed E-state index contributed by atoms with van der Waals surface area (Å²) in [5, 5.41) is 9.08. The van der Waals surface area contributed by atoms with Gasteiger partial charge in [0.1, 0.15) is 36.6 Å². The minimum Gasteiger partial charge on any atom is -0.394 e. The van der Waals surface area contributed by atoms with Gasteiger partial charge in [-0.25, -0.2) is 0 Å². The molecule has 4 saturated heterocycles. The second-order valence-corrected chi connectivity index (χ2v) is 7.93. The van der Waals surface area contributed by atoms with Crippen LogP contribution in [0.25, 0.3) is 0 Å². The van der Waals surface area contributed by atoms with Gasteiger partial charge < -0.3 is 47.8 Å². The van der Waals surface area contributed by atoms with Crippen molar-refractivity contribution in [3.05, 3.63) is 0 Å². The highest BCUT2D eigenvalue weighted by Gasteiger charge is 2.56. The molecule has 4 fully saturated rings. The van der Waals surface area contributed by atoms with Gasteiger partial charge in [0.25, 0.3) is 0 Å². The molecule has 4 rings (SSSR count). The molecule has 4 heterocycles. The van der Waals surface area contributed by atoms with E-state index in [1.165, 1.54) is 7.11 Å². The monoisotopic (exact) mass is 406 g/mol. The summed E-state index contributed by atoms with van der Waals surface area (Å²) in [5.74, 6) is -1.29. The van der Waals surface area contributed by atoms with Crippen molar-refractivity contribution in [2.75, 3.05) is 20.8 Å². The predicted molar refractivity (Wildman–Crippen MR) is 92.1 cm³/mol. The molecule has 0 saturated carbocycles. The lowest BCUT2D eigenvalue weighted by atomic mass is 10.1. The minimum atomic E-state index is -0.669. The number of hydrogen-bond donors (Lipinski definition) is 1. The number of rotatable bonds is 4. The molecule has 10 nitrogen and oxygen atoms in total. The van der Waals surface area contributed by atoms with E-state index in [9.17, 15) is 4.79 Å². The SMILES string of the molecule is CO[C@@H]1OC(C=O)[C@H]2OC(C)(C)O[C@@H]12.CO[C@@H]1O[C@H](CO)[C@H]2OC(C)(C)O[C@@H]12. The summed E-state index contributed by atoms with van der Waals surface area (Å²) in [7, 11) is 3.07. The molecule has 10 heteroatoms. The number of aliphatic hydroxyl groups excluding tert-OH is 1. The van der Waals surface area contributed by atoms with Crippen LogP contribution in [0.1, 0.15) is 27.7 Å². The van der Waals surface area contributed by atoms with E-state index in [-0.39, 0.29) is 37.1 Å². The molecule has 0 aromatic heterocycles. The summed E-state index contributed by atoms with van der Waals surface area (Å²) < 4.78 is 43.2. The Balaban J connectivity index is 0.000000161. The van der Waals surface area contributed by atoms with Crippen LogP contribution in [0.4, 0.5) is 0 Å². The van der Waals surface area contributed by atoms with Crippen LogP contribution in [0.15, 0.2) is 0 Å². The highest BCUT2D eigenvalue weighted by Crippen LogP contribution is 2.39. The van der Waals surface area contributed by atoms with Crippen molar-refractivity contribution in [2.45, 2.75) is 88.5 Å². The summed E-state index contributed by atoms with van der Waals surface area (Å²) in [6, 6.07) is 0. The lowest BCUT2D eigenvalue weighted by Gasteiger charge is -2.22. The smallest absolute Gasteiger partial charge is 0.187 e. The van der Waals surface area contributed by atoms with E-state index in [2.05, 4.69) is 0 Å². The maximum atomic E-state index is 10.7. The molecule has 8 atom stereocenters. The van der Waals surface area contributed by atoms with E-state index < -0.39 is 30.3 Å². The fraction of sp³-hybridized carbons (Fsp3) is 0.944. The molecule has 0 spiro atoms. The van der Waals surface area contributed by atoms with Gasteiger partial charge in [0, 0.05) is 14.2 Å². The van der Waals surface area contributed by atoms with E-state index in [4.69, 9.17) is 43.0 Å². The van der Waals surface area contributed by atoms with E-state index >= 15 is 0 Å². The van der Waals surface area contributed by atoms with Crippen LogP contribution >= 0.6 is 0 Å². The maximum Gasteiger partial charge on any atom is 0.187 e. The van der Waals surface area contributed by atoms with Gasteiger partial charge in [0.2, 0.25) is 0 Å². The van der Waals surface area contributed by atoms with Gasteiger partial charge in [-0.3, -0.25) is 0 Å². The Morgan fingerprint density at radius 1 is 0.821 bits per heavy atom. The summed E-state index contributed by atoms with van der Waals surface area (Å²) in [5.41, 5.74) is 0. The van der Waals surface area contributed by atoms with Gasteiger partial charge in [-0.2, -0.15) is 0 Å². The Labute approximate surface area is 164 Å². The predicted octanol–water partition coefficient (Wildman–Crippen LogP) is -0.0532. The van der Waals surface area contributed by atoms with Crippen LogP contribution < -0.4 is 0 Å². The first-order valence-electron chi connectivity index (χ1n) is 9.28. The van der Waals surface area contributed by atoms with E-state index in [0.717, 1.165) is 6.29 Å². The second-order valence-electron chi connectivity index (χ2n) is 7.93. The van der Waals surface area contributed by atoms with Crippen LogP contribution in [-0.2, 0) is 42.7 Å². The topological polar surface area (TPSA) is 111 Å². The lowest BCUT2D eigenvalue weighted by molar-refractivity contribution is -0.230. The van der Waals surface area contributed by atoms with Crippen LogP contribution in [-0.4, -0.2) is 93.0 Å². The molecule has 0 aromatic rings. The van der Waals surface area contributed by atoms with Crippen molar-refractivity contribution in [3.8, 4) is 0 Å². The van der Waals surface area contributed by atoms with Crippen LogP contribution in [0, 0.1) is 0 Å². The molecule has 1 unspecified atom stereocenters. The number of aldehydes is 1. The first-order valence-corrected chi connectivity index (χ1v) is 9.28. The fourth-order valence-corrected chi connectivity index (χ4v) is 3.87. The summed E-state index contributed by atoms with van der Waals surface area (Å²) >= 11 is 0. The quantitative estimate of drug-likeness (QED) is 0.638. The second kappa shape index (κ2) is 8.21. The molecular formula is C18H30O10. The van der Waals surface area contributed by atoms with Crippen molar-refractivity contribution in [1.82, 2.24) is 0 Å². The number of fused-ring (bicyclic) bond motifs is 2. The molecule has 4 aliphatic heterocycles. The highest BCUT2D eigenvalue weighted by molar-refractivity contribution is 5.58. The summed E-state index contributed by atoms with van der Waals surface area (Å²) in [4.78, 5) is 10.7. The summed E-state index contributed by atoms with van der Waals surface area (Å²) in [6.07, 6.45) is -2.33. The van der Waals surface area contributed by atoms with Gasteiger partial charge in [-0.15, -0.1) is 0 Å². The molecule has 0 aliphatic carbocycles. The Bertz CT molecular complexity index is 532. The molecule has 0 bridgehead atoms. The minimum absolute atomic E-state index is 0.0829. The van der Waals surface area contributed by atoms with E-state index in [0.29, 0.717) is 0 Å². The Kier molecular flexibility index (Phi) is 6.45. The zero-order valence-corrected chi connectivity index (χ0v) is 17.0. The van der Waals surface area contributed by atoms with Gasteiger partial charge >= 0.3 is 0 Å². The number of methoxy groups -OCH3 is 2. The molecule has 0 amide bonds. The average Bonchev–Trinajstić information content (AvgIpc) is 3.31. The summed E-state index contributed by atoms with van der Waals surface area (Å²) in [6.45, 7) is 7.21. The largest absolute Gasteiger partial charge is 0.394 e. The number of carbonyl (C=O) groups excluding carboxylic acids is 1. The maximum absolute atomic E-state index is 10.7. The number of hydrogen-bond acceptors (Lipinski definition) is 10. The third-order valence-electron chi connectivity index (χ3n) is 4.93. The van der Waals surface area contributed by atoms with Crippen molar-refractivity contribution < 1.29 is 47.8 Å². The third-order valence-corrected chi connectivity index (χ3v) is 4.93. The van der Waals surface area contributed by atoms with Crippen molar-refractivity contribution in [1.29, 1.82) is 0 Å². The van der Waals surface area contributed by atoms with E-state index in [1.54, 1.807) is 21.0 Å². The van der Waals surface area contributed by atoms with Crippen LogP contribution in [0.2, 0.25) is 0 Å². The van der Waals surface area contributed by atoms with Crippen LogP contribution in [0.5, 0.6) is 0 Å². The van der Waals surface area contributed by atoms with Gasteiger partial charge in [-0.05, 0) is 27.7 Å². The first kappa shape index (κ1) is 22.0. The Morgan fingerprint density at radius 2 is 1.29 bits per heavy atom. The normalized spacial score (nSPS) is 45.2. The average molecular weight is 406 g/mol. The highest BCUT2D eigenvalue weighted by atomic mass is 16.8. The Morgan fingerprint density at radius 3 is 1.79 bits per heavy atom. The standard InChI is InChI=1S/C9H16O5.C9H14O5/c2*1-9(2)13-6-5(4-10)12-8(11-3)7(6)14-9/h5-8,10H,4H2,1-3H3;4-8H,1-3H3/t5-,6-,7-,8-;5?,6-,7-,8-/m11/s1. The van der Waals surface area contributed by atoms with Gasteiger partial charge in [0.05, 0.1) is 6.61 Å². The lowest BCUT2D eigenvalue weighted by Crippen LogP contribution is -2.31. The zero-order valence-electron chi connectivity index (χ0n) is 17.0. The number of aliphatic hydroxyl groups is 1. The van der Waals surface area contributed by atoms with Crippen molar-refractivity contribution in [3.63, 3.8) is 0 Å². The molecule has 28 heavy (non-hydrogen) atoms. The zero-order chi connectivity index (χ0) is 20.7. The molecule has 4 aliphatic rings. The van der Waals surface area contributed by atoms with Gasteiger partial charge in [0.15, 0.2) is 30.4 Å². The molecule has 0 radical (unpaired) electrons. The van der Waals surface area contributed by atoms with Crippen LogP contribution in [0.3, 0.4) is 0 Å². The Hall–Kier alpha value is -0.690. The van der Waals surface area contributed by atoms with Gasteiger partial charge in [-0.1, -0.05) is 0 Å². The number of ether oxygens (including phenoxy) is 8. The first-order chi connectivity index (χ1) is 13.1. The molecule has 0 aromatic carbocycles. The van der Waals surface area contributed by atoms with E-state index in [1.807, 2.05) is 13.8 Å². The number of carbonyl (C=O) groups is 1. The third kappa shape index (κ3) is 4.25. The van der Waals surface area contributed by atoms with Crippen molar-refractivity contribution in [2.24, 2.45) is 0 Å². The molecule has 162 valence electrons. The molecule has 1 N–H and O–H groups in total.